The molecule has 1 amide bonds. The standard InChI is InChI=1S/C20H19F2NO5/c1-3-12-26-15-10-8-14(9-11-15)19(25)27-13(2)18(24)23-16-6-4-5-7-17(16)28-20(21)22/h3-11,13,20H,1,12H2,2H3,(H,23,24). The molecule has 2 rings (SSSR count). The zero-order valence-electron chi connectivity index (χ0n) is 15.1. The Morgan fingerprint density at radius 3 is 2.46 bits per heavy atom. The van der Waals surface area contributed by atoms with E-state index in [2.05, 4.69) is 16.6 Å². The Bertz CT molecular complexity index is 824. The fourth-order valence-corrected chi connectivity index (χ4v) is 2.13. The Labute approximate surface area is 160 Å². The minimum Gasteiger partial charge on any atom is -0.490 e. The second kappa shape index (κ2) is 10.1. The molecule has 0 saturated carbocycles. The van der Waals surface area contributed by atoms with Crippen molar-refractivity contribution in [1.82, 2.24) is 0 Å². The summed E-state index contributed by atoms with van der Waals surface area (Å²) < 4.78 is 39.6. The first-order valence-electron chi connectivity index (χ1n) is 8.30. The summed E-state index contributed by atoms with van der Waals surface area (Å²) in [6.45, 7) is 2.20. The maximum Gasteiger partial charge on any atom is 0.387 e. The number of benzene rings is 2. The van der Waals surface area contributed by atoms with Crippen LogP contribution in [0.4, 0.5) is 14.5 Å². The van der Waals surface area contributed by atoms with Crippen LogP contribution in [-0.2, 0) is 9.53 Å². The van der Waals surface area contributed by atoms with Crippen LogP contribution < -0.4 is 14.8 Å². The molecule has 2 aromatic rings. The van der Waals surface area contributed by atoms with Crippen molar-refractivity contribution in [3.63, 3.8) is 0 Å². The zero-order valence-corrected chi connectivity index (χ0v) is 15.1. The number of alkyl halides is 2. The van der Waals surface area contributed by atoms with E-state index in [0.29, 0.717) is 12.4 Å². The Morgan fingerprint density at radius 2 is 1.82 bits per heavy atom. The normalized spacial score (nSPS) is 11.4. The molecular weight excluding hydrogens is 372 g/mol. The van der Waals surface area contributed by atoms with E-state index in [-0.39, 0.29) is 17.0 Å². The summed E-state index contributed by atoms with van der Waals surface area (Å²) in [5, 5.41) is 2.40. The molecule has 0 aliphatic rings. The van der Waals surface area contributed by atoms with Gasteiger partial charge in [0, 0.05) is 0 Å². The summed E-state index contributed by atoms with van der Waals surface area (Å²) in [4.78, 5) is 24.4. The summed E-state index contributed by atoms with van der Waals surface area (Å²) in [7, 11) is 0. The molecule has 148 valence electrons. The number of nitrogens with one attached hydrogen (secondary N) is 1. The van der Waals surface area contributed by atoms with Gasteiger partial charge < -0.3 is 19.5 Å². The van der Waals surface area contributed by atoms with Crippen molar-refractivity contribution in [3.05, 3.63) is 66.7 Å². The van der Waals surface area contributed by atoms with Crippen molar-refractivity contribution in [3.8, 4) is 11.5 Å². The molecule has 1 atom stereocenters. The molecule has 28 heavy (non-hydrogen) atoms. The van der Waals surface area contributed by atoms with Gasteiger partial charge in [0.2, 0.25) is 0 Å². The van der Waals surface area contributed by atoms with Crippen molar-refractivity contribution in [2.24, 2.45) is 0 Å². The number of amides is 1. The Balaban J connectivity index is 1.96. The van der Waals surface area contributed by atoms with Crippen LogP contribution in [0.25, 0.3) is 0 Å². The van der Waals surface area contributed by atoms with E-state index in [0.717, 1.165) is 0 Å². The predicted molar refractivity (Wildman–Crippen MR) is 98.7 cm³/mol. The minimum atomic E-state index is -3.04. The van der Waals surface area contributed by atoms with E-state index < -0.39 is 24.6 Å². The van der Waals surface area contributed by atoms with Gasteiger partial charge in [-0.3, -0.25) is 4.79 Å². The molecule has 0 aliphatic heterocycles. The molecule has 0 spiro atoms. The lowest BCUT2D eigenvalue weighted by molar-refractivity contribution is -0.123. The number of esters is 1. The van der Waals surface area contributed by atoms with Gasteiger partial charge in [0.25, 0.3) is 5.91 Å². The number of hydrogen-bond acceptors (Lipinski definition) is 5. The quantitative estimate of drug-likeness (QED) is 0.516. The van der Waals surface area contributed by atoms with E-state index in [1.54, 1.807) is 24.3 Å². The lowest BCUT2D eigenvalue weighted by atomic mass is 10.2. The van der Waals surface area contributed by atoms with Crippen LogP contribution in [0.1, 0.15) is 17.3 Å². The molecule has 0 aromatic heterocycles. The van der Waals surface area contributed by atoms with Gasteiger partial charge in [0.15, 0.2) is 6.10 Å². The number of para-hydroxylation sites is 2. The Hall–Kier alpha value is -3.42. The summed E-state index contributed by atoms with van der Waals surface area (Å²) >= 11 is 0. The SMILES string of the molecule is C=CCOc1ccc(C(=O)OC(C)C(=O)Nc2ccccc2OC(F)F)cc1. The first-order valence-corrected chi connectivity index (χ1v) is 8.30. The summed E-state index contributed by atoms with van der Waals surface area (Å²) in [6, 6.07) is 11.9. The topological polar surface area (TPSA) is 73.9 Å². The van der Waals surface area contributed by atoms with Crippen LogP contribution in [0.2, 0.25) is 0 Å². The average molecular weight is 391 g/mol. The molecule has 2 aromatic carbocycles. The Kier molecular flexibility index (Phi) is 7.50. The van der Waals surface area contributed by atoms with Crippen molar-refractivity contribution < 1.29 is 32.6 Å². The number of rotatable bonds is 9. The first kappa shape index (κ1) is 20.9. The number of anilines is 1. The lowest BCUT2D eigenvalue weighted by Gasteiger charge is -2.16. The lowest BCUT2D eigenvalue weighted by Crippen LogP contribution is -2.30. The van der Waals surface area contributed by atoms with Crippen LogP contribution in [0.3, 0.4) is 0 Å². The van der Waals surface area contributed by atoms with Crippen LogP contribution in [0, 0.1) is 0 Å². The highest BCUT2D eigenvalue weighted by Crippen LogP contribution is 2.25. The van der Waals surface area contributed by atoms with Crippen molar-refractivity contribution in [2.75, 3.05) is 11.9 Å². The third-order valence-electron chi connectivity index (χ3n) is 3.47. The number of ether oxygens (including phenoxy) is 3. The fraction of sp³-hybridized carbons (Fsp3) is 0.200. The summed E-state index contributed by atoms with van der Waals surface area (Å²) in [6.07, 6.45) is 0.427. The predicted octanol–water partition coefficient (Wildman–Crippen LogP) is 4.04. The number of carbonyl (C=O) groups is 2. The highest BCUT2D eigenvalue weighted by molar-refractivity contribution is 5.98. The van der Waals surface area contributed by atoms with Crippen LogP contribution in [0.15, 0.2) is 61.2 Å². The van der Waals surface area contributed by atoms with Gasteiger partial charge in [0.05, 0.1) is 11.3 Å². The van der Waals surface area contributed by atoms with E-state index in [4.69, 9.17) is 9.47 Å². The van der Waals surface area contributed by atoms with E-state index in [1.165, 1.54) is 37.3 Å². The van der Waals surface area contributed by atoms with E-state index >= 15 is 0 Å². The van der Waals surface area contributed by atoms with Gasteiger partial charge >= 0.3 is 12.6 Å². The van der Waals surface area contributed by atoms with Gasteiger partial charge in [0.1, 0.15) is 18.1 Å². The molecule has 0 heterocycles. The van der Waals surface area contributed by atoms with E-state index in [9.17, 15) is 18.4 Å². The van der Waals surface area contributed by atoms with Crippen molar-refractivity contribution in [1.29, 1.82) is 0 Å². The number of halogens is 2. The first-order chi connectivity index (χ1) is 13.4. The van der Waals surface area contributed by atoms with Crippen molar-refractivity contribution in [2.45, 2.75) is 19.6 Å². The van der Waals surface area contributed by atoms with Gasteiger partial charge in [-0.05, 0) is 43.3 Å². The molecule has 0 saturated heterocycles. The number of hydrogen-bond donors (Lipinski definition) is 1. The van der Waals surface area contributed by atoms with Crippen LogP contribution >= 0.6 is 0 Å². The van der Waals surface area contributed by atoms with Crippen LogP contribution in [0.5, 0.6) is 11.5 Å². The highest BCUT2D eigenvalue weighted by atomic mass is 19.3. The molecule has 0 fully saturated rings. The molecule has 0 bridgehead atoms. The average Bonchev–Trinajstić information content (AvgIpc) is 2.67. The second-order valence-corrected chi connectivity index (χ2v) is 5.54. The zero-order chi connectivity index (χ0) is 20.5. The van der Waals surface area contributed by atoms with Gasteiger partial charge in [-0.15, -0.1) is 0 Å². The van der Waals surface area contributed by atoms with Crippen molar-refractivity contribution >= 4 is 17.6 Å². The molecule has 1 N–H and O–H groups in total. The summed E-state index contributed by atoms with van der Waals surface area (Å²) in [5.41, 5.74) is 0.270. The highest BCUT2D eigenvalue weighted by Gasteiger charge is 2.21. The van der Waals surface area contributed by atoms with Crippen LogP contribution in [-0.4, -0.2) is 31.2 Å². The summed E-state index contributed by atoms with van der Waals surface area (Å²) in [5.74, 6) is -1.04. The molecule has 1 unspecified atom stereocenters. The maximum atomic E-state index is 12.4. The molecule has 0 aliphatic carbocycles. The maximum absolute atomic E-state index is 12.4. The Morgan fingerprint density at radius 1 is 1.14 bits per heavy atom. The third-order valence-corrected chi connectivity index (χ3v) is 3.47. The third kappa shape index (κ3) is 6.08. The largest absolute Gasteiger partial charge is 0.490 e. The second-order valence-electron chi connectivity index (χ2n) is 5.54. The minimum absolute atomic E-state index is 0.0411. The monoisotopic (exact) mass is 391 g/mol. The van der Waals surface area contributed by atoms with E-state index in [1.807, 2.05) is 0 Å². The number of carbonyl (C=O) groups excluding carboxylic acids is 2. The van der Waals surface area contributed by atoms with Gasteiger partial charge in [-0.2, -0.15) is 8.78 Å². The van der Waals surface area contributed by atoms with Gasteiger partial charge in [-0.1, -0.05) is 24.8 Å². The smallest absolute Gasteiger partial charge is 0.387 e. The molecule has 0 radical (unpaired) electrons. The fourth-order valence-electron chi connectivity index (χ4n) is 2.13. The molecule has 6 nitrogen and oxygen atoms in total. The molecular formula is C20H19F2NO5. The molecule has 8 heteroatoms. The van der Waals surface area contributed by atoms with Gasteiger partial charge in [-0.25, -0.2) is 4.79 Å².